The molecular weight excluding hydrogens is 188 g/mol. The summed E-state index contributed by atoms with van der Waals surface area (Å²) in [5.41, 5.74) is 0.266. The number of carbonyl (C=O) groups is 3. The lowest BCUT2D eigenvalue weighted by Gasteiger charge is -1.95. The third-order valence-electron chi connectivity index (χ3n) is 1.58. The number of esters is 1. The van der Waals surface area contributed by atoms with Gasteiger partial charge in [0, 0.05) is 0 Å². The second-order valence-electron chi connectivity index (χ2n) is 2.53. The van der Waals surface area contributed by atoms with E-state index in [0.717, 1.165) is 7.11 Å². The second-order valence-corrected chi connectivity index (χ2v) is 2.53. The van der Waals surface area contributed by atoms with E-state index in [1.165, 1.54) is 18.6 Å². The Morgan fingerprint density at radius 3 is 2.64 bits per heavy atom. The van der Waals surface area contributed by atoms with Crippen LogP contribution in [0.3, 0.4) is 0 Å². The van der Waals surface area contributed by atoms with Gasteiger partial charge in [0.15, 0.2) is 5.78 Å². The van der Waals surface area contributed by atoms with Crippen LogP contribution in [0.25, 0.3) is 0 Å². The van der Waals surface area contributed by atoms with E-state index in [9.17, 15) is 14.4 Å². The van der Waals surface area contributed by atoms with E-state index < -0.39 is 24.0 Å². The molecule has 0 saturated carbocycles. The fourth-order valence-corrected chi connectivity index (χ4v) is 0.857. The predicted molar refractivity (Wildman–Crippen MR) is 44.7 cm³/mol. The van der Waals surface area contributed by atoms with E-state index in [4.69, 9.17) is 0 Å². The fraction of sp³-hybridized carbons (Fsp3) is 0.222. The highest BCUT2D eigenvalue weighted by atomic mass is 16.5. The third-order valence-corrected chi connectivity index (χ3v) is 1.58. The molecule has 0 fully saturated rings. The first-order valence-corrected chi connectivity index (χ1v) is 3.81. The van der Waals surface area contributed by atoms with Crippen molar-refractivity contribution >= 4 is 17.5 Å². The Bertz CT molecular complexity index is 349. The van der Waals surface area contributed by atoms with Gasteiger partial charge in [-0.15, -0.1) is 0 Å². The van der Waals surface area contributed by atoms with Crippen molar-refractivity contribution in [3.63, 3.8) is 0 Å². The largest absolute Gasteiger partial charge is 0.472 e. The Morgan fingerprint density at radius 1 is 1.43 bits per heavy atom. The summed E-state index contributed by atoms with van der Waals surface area (Å²) in [6.07, 6.45) is 2.04. The molecule has 1 rings (SSSR count). The maximum absolute atomic E-state index is 11.2. The van der Waals surface area contributed by atoms with Gasteiger partial charge >= 0.3 is 5.97 Å². The van der Waals surface area contributed by atoms with Crippen LogP contribution in [0.4, 0.5) is 0 Å². The Labute approximate surface area is 79.6 Å². The zero-order valence-corrected chi connectivity index (χ0v) is 7.48. The average Bonchev–Trinajstić information content (AvgIpc) is 2.69. The summed E-state index contributed by atoms with van der Waals surface area (Å²) in [6, 6.07) is 1.42. The molecule has 1 aromatic heterocycles. The molecule has 0 radical (unpaired) electrons. The minimum absolute atomic E-state index is 0.266. The van der Waals surface area contributed by atoms with Gasteiger partial charge in [-0.05, 0) is 6.07 Å². The highest BCUT2D eigenvalue weighted by Crippen LogP contribution is 2.04. The average molecular weight is 196 g/mol. The van der Waals surface area contributed by atoms with Crippen LogP contribution < -0.4 is 0 Å². The van der Waals surface area contributed by atoms with Gasteiger partial charge < -0.3 is 9.15 Å². The number of furan rings is 1. The third kappa shape index (κ3) is 2.29. The molecule has 0 aliphatic carbocycles. The molecule has 1 aromatic rings. The molecule has 0 aromatic carbocycles. The van der Waals surface area contributed by atoms with Gasteiger partial charge in [0.1, 0.15) is 6.26 Å². The molecule has 74 valence electrons. The molecule has 0 bridgehead atoms. The maximum atomic E-state index is 11.2. The van der Waals surface area contributed by atoms with Gasteiger partial charge in [-0.2, -0.15) is 0 Å². The smallest absolute Gasteiger partial charge is 0.374 e. The summed E-state index contributed by atoms with van der Waals surface area (Å²) in [5.74, 6) is -2.34. The number of ketones is 2. The molecule has 0 spiro atoms. The van der Waals surface area contributed by atoms with Gasteiger partial charge in [-0.1, -0.05) is 0 Å². The molecule has 14 heavy (non-hydrogen) atoms. The molecule has 5 heteroatoms. The summed E-state index contributed by atoms with van der Waals surface area (Å²) in [5, 5.41) is 0. The predicted octanol–water partition coefficient (Wildman–Crippen LogP) is 0.594. The van der Waals surface area contributed by atoms with E-state index in [-0.39, 0.29) is 5.56 Å². The number of hydrogen-bond donors (Lipinski definition) is 0. The molecule has 5 nitrogen and oxygen atoms in total. The number of ether oxygens (including phenoxy) is 1. The molecule has 0 saturated heterocycles. The molecule has 0 aliphatic heterocycles. The monoisotopic (exact) mass is 196 g/mol. The quantitative estimate of drug-likeness (QED) is 0.305. The van der Waals surface area contributed by atoms with Crippen LogP contribution in [0, 0.1) is 0 Å². The Kier molecular flexibility index (Phi) is 3.17. The second kappa shape index (κ2) is 4.36. The zero-order chi connectivity index (χ0) is 10.6. The minimum Gasteiger partial charge on any atom is -0.472 e. The van der Waals surface area contributed by atoms with Gasteiger partial charge in [-0.3, -0.25) is 9.59 Å². The Morgan fingerprint density at radius 2 is 2.14 bits per heavy atom. The Hall–Kier alpha value is -1.91. The van der Waals surface area contributed by atoms with Crippen molar-refractivity contribution in [3.05, 3.63) is 24.2 Å². The van der Waals surface area contributed by atoms with Crippen LogP contribution >= 0.6 is 0 Å². The summed E-state index contributed by atoms with van der Waals surface area (Å²) < 4.78 is 8.82. The molecular formula is C9H8O5. The number of methoxy groups -OCH3 is 1. The molecule has 1 heterocycles. The summed E-state index contributed by atoms with van der Waals surface area (Å²) in [4.78, 5) is 32.9. The van der Waals surface area contributed by atoms with E-state index in [1.54, 1.807) is 0 Å². The van der Waals surface area contributed by atoms with Crippen molar-refractivity contribution in [2.45, 2.75) is 6.42 Å². The van der Waals surface area contributed by atoms with Crippen molar-refractivity contribution in [2.75, 3.05) is 7.11 Å². The topological polar surface area (TPSA) is 73.6 Å². The molecule has 0 amide bonds. The van der Waals surface area contributed by atoms with Crippen molar-refractivity contribution in [3.8, 4) is 0 Å². The lowest BCUT2D eigenvalue weighted by atomic mass is 10.1. The highest BCUT2D eigenvalue weighted by Gasteiger charge is 2.19. The SMILES string of the molecule is COC(=O)C(=O)CC(=O)c1ccoc1. The maximum Gasteiger partial charge on any atom is 0.374 e. The first kappa shape index (κ1) is 10.2. The van der Waals surface area contributed by atoms with Crippen molar-refractivity contribution in [1.82, 2.24) is 0 Å². The van der Waals surface area contributed by atoms with Crippen LogP contribution in [0.5, 0.6) is 0 Å². The van der Waals surface area contributed by atoms with E-state index >= 15 is 0 Å². The first-order chi connectivity index (χ1) is 6.65. The summed E-state index contributed by atoms with van der Waals surface area (Å²) >= 11 is 0. The van der Waals surface area contributed by atoms with Crippen molar-refractivity contribution in [2.24, 2.45) is 0 Å². The molecule has 0 unspecified atom stereocenters. The van der Waals surface area contributed by atoms with Crippen LogP contribution in [-0.2, 0) is 14.3 Å². The van der Waals surface area contributed by atoms with E-state index in [1.807, 2.05) is 0 Å². The number of rotatable bonds is 4. The first-order valence-electron chi connectivity index (χ1n) is 3.81. The van der Waals surface area contributed by atoms with Gasteiger partial charge in [0.25, 0.3) is 0 Å². The lowest BCUT2D eigenvalue weighted by Crippen LogP contribution is -2.19. The number of Topliss-reactive ketones (excluding diaryl/α,β-unsaturated/α-hetero) is 2. The van der Waals surface area contributed by atoms with Crippen LogP contribution in [0.1, 0.15) is 16.8 Å². The van der Waals surface area contributed by atoms with Gasteiger partial charge in [0.05, 0.1) is 25.4 Å². The van der Waals surface area contributed by atoms with E-state index in [2.05, 4.69) is 9.15 Å². The molecule has 0 atom stereocenters. The summed E-state index contributed by atoms with van der Waals surface area (Å²) in [6.45, 7) is 0. The zero-order valence-electron chi connectivity index (χ0n) is 7.48. The number of hydrogen-bond acceptors (Lipinski definition) is 5. The molecule has 0 N–H and O–H groups in total. The number of carbonyl (C=O) groups excluding carboxylic acids is 3. The standard InChI is InChI=1S/C9H8O5/c1-13-9(12)8(11)4-7(10)6-2-3-14-5-6/h2-3,5H,4H2,1H3. The molecule has 0 aliphatic rings. The van der Waals surface area contributed by atoms with Crippen LogP contribution in [0.15, 0.2) is 23.0 Å². The fourth-order valence-electron chi connectivity index (χ4n) is 0.857. The Balaban J connectivity index is 2.58. The lowest BCUT2D eigenvalue weighted by molar-refractivity contribution is -0.151. The van der Waals surface area contributed by atoms with Crippen molar-refractivity contribution < 1.29 is 23.5 Å². The van der Waals surface area contributed by atoms with Gasteiger partial charge in [-0.25, -0.2) is 4.79 Å². The normalized spacial score (nSPS) is 9.50. The van der Waals surface area contributed by atoms with Gasteiger partial charge in [0.2, 0.25) is 5.78 Å². The van der Waals surface area contributed by atoms with E-state index in [0.29, 0.717) is 0 Å². The highest BCUT2D eigenvalue weighted by molar-refractivity contribution is 6.38. The van der Waals surface area contributed by atoms with Crippen LogP contribution in [0.2, 0.25) is 0 Å². The minimum atomic E-state index is -1.01. The summed E-state index contributed by atoms with van der Waals surface area (Å²) in [7, 11) is 1.09. The van der Waals surface area contributed by atoms with Crippen LogP contribution in [-0.4, -0.2) is 24.6 Å². The van der Waals surface area contributed by atoms with Crippen molar-refractivity contribution in [1.29, 1.82) is 0 Å².